The first-order valence-corrected chi connectivity index (χ1v) is 10.7. The van der Waals surface area contributed by atoms with E-state index in [2.05, 4.69) is 37.0 Å². The maximum absolute atomic E-state index is 12.5. The normalized spacial score (nSPS) is 17.5. The van der Waals surface area contributed by atoms with Crippen LogP contribution in [0.5, 0.6) is 0 Å². The first-order valence-electron chi connectivity index (χ1n) is 10.7. The Balaban J connectivity index is 1.49. The molecule has 0 radical (unpaired) electrons. The molecular weight excluding hydrogens is 378 g/mol. The molecule has 1 amide bonds. The number of amides is 1. The molecule has 30 heavy (non-hydrogen) atoms. The molecule has 156 valence electrons. The average Bonchev–Trinajstić information content (AvgIpc) is 3.49. The maximum atomic E-state index is 12.5. The predicted molar refractivity (Wildman–Crippen MR) is 116 cm³/mol. The van der Waals surface area contributed by atoms with Crippen molar-refractivity contribution in [1.29, 1.82) is 0 Å². The summed E-state index contributed by atoms with van der Waals surface area (Å²) in [7, 11) is 0. The van der Waals surface area contributed by atoms with Gasteiger partial charge in [0.15, 0.2) is 17.0 Å². The molecule has 1 aliphatic carbocycles. The van der Waals surface area contributed by atoms with E-state index in [9.17, 15) is 4.79 Å². The van der Waals surface area contributed by atoms with E-state index in [0.29, 0.717) is 11.6 Å². The molecule has 8 nitrogen and oxygen atoms in total. The van der Waals surface area contributed by atoms with E-state index in [1.807, 2.05) is 29.7 Å². The highest BCUT2D eigenvalue weighted by molar-refractivity contribution is 5.95. The van der Waals surface area contributed by atoms with Crippen LogP contribution in [0.1, 0.15) is 35.7 Å². The summed E-state index contributed by atoms with van der Waals surface area (Å²) in [6.45, 7) is 9.23. The van der Waals surface area contributed by atoms with Gasteiger partial charge in [0, 0.05) is 37.8 Å². The number of imidazole rings is 1. The lowest BCUT2D eigenvalue weighted by molar-refractivity contribution is 0.0951. The Kier molecular flexibility index (Phi) is 4.86. The van der Waals surface area contributed by atoms with Crippen LogP contribution in [0.15, 0.2) is 30.9 Å². The molecule has 1 saturated heterocycles. The summed E-state index contributed by atoms with van der Waals surface area (Å²) in [6, 6.07) is 6.12. The van der Waals surface area contributed by atoms with E-state index in [-0.39, 0.29) is 5.91 Å². The van der Waals surface area contributed by atoms with Gasteiger partial charge in [0.1, 0.15) is 12.7 Å². The Morgan fingerprint density at radius 1 is 1.13 bits per heavy atom. The number of hydrogen-bond donors (Lipinski definition) is 1. The standard InChI is InChI=1S/C22H27N7O/c1-3-27-8-10-28(11-9-27)20-19-21(24-13-23-20)29(14-25-19)18-12-16(5-4-15(18)2)22(30)26-17-6-7-17/h4-5,12-14,17H,3,6-11H2,1-2H3,(H,26,30). The number of nitrogens with zero attached hydrogens (tertiary/aromatic N) is 6. The van der Waals surface area contributed by atoms with Gasteiger partial charge in [-0.3, -0.25) is 9.36 Å². The van der Waals surface area contributed by atoms with Crippen LogP contribution in [0, 0.1) is 6.92 Å². The quantitative estimate of drug-likeness (QED) is 0.701. The summed E-state index contributed by atoms with van der Waals surface area (Å²) in [4.78, 5) is 31.0. The molecule has 0 spiro atoms. The van der Waals surface area contributed by atoms with Crippen molar-refractivity contribution in [2.75, 3.05) is 37.6 Å². The number of anilines is 1. The Bertz CT molecular complexity index is 1080. The molecule has 8 heteroatoms. The summed E-state index contributed by atoms with van der Waals surface area (Å²) in [5.41, 5.74) is 4.21. The summed E-state index contributed by atoms with van der Waals surface area (Å²) in [5.74, 6) is 0.863. The highest BCUT2D eigenvalue weighted by Crippen LogP contribution is 2.27. The molecule has 1 N–H and O–H groups in total. The van der Waals surface area contributed by atoms with Crippen LogP contribution in [0.2, 0.25) is 0 Å². The van der Waals surface area contributed by atoms with Crippen LogP contribution >= 0.6 is 0 Å². The topological polar surface area (TPSA) is 79.2 Å². The number of nitrogens with one attached hydrogen (secondary N) is 1. The number of carbonyl (C=O) groups is 1. The van der Waals surface area contributed by atoms with Crippen LogP contribution in [0.3, 0.4) is 0 Å². The molecule has 1 aromatic carbocycles. The molecule has 0 unspecified atom stereocenters. The number of hydrogen-bond acceptors (Lipinski definition) is 6. The average molecular weight is 406 g/mol. The van der Waals surface area contributed by atoms with Crippen molar-refractivity contribution in [3.05, 3.63) is 42.0 Å². The molecule has 3 aromatic rings. The molecular formula is C22H27N7O. The van der Waals surface area contributed by atoms with Crippen LogP contribution < -0.4 is 10.2 Å². The summed E-state index contributed by atoms with van der Waals surface area (Å²) in [6.07, 6.45) is 5.54. The Hall–Kier alpha value is -3.00. The fraction of sp³-hybridized carbons (Fsp3) is 0.455. The second-order valence-electron chi connectivity index (χ2n) is 8.15. The number of likely N-dealkylation sites (N-methyl/N-ethyl adjacent to an activating group) is 1. The van der Waals surface area contributed by atoms with E-state index in [1.165, 1.54) is 0 Å². The Labute approximate surface area is 175 Å². The third-order valence-corrected chi connectivity index (χ3v) is 6.08. The zero-order valence-corrected chi connectivity index (χ0v) is 17.5. The zero-order valence-electron chi connectivity index (χ0n) is 17.5. The molecule has 5 rings (SSSR count). The third kappa shape index (κ3) is 3.52. The maximum Gasteiger partial charge on any atom is 0.251 e. The highest BCUT2D eigenvalue weighted by Gasteiger charge is 2.25. The fourth-order valence-electron chi connectivity index (χ4n) is 4.01. The second kappa shape index (κ2) is 7.68. The number of carbonyl (C=O) groups excluding carboxylic acids is 1. The van der Waals surface area contributed by atoms with Crippen molar-refractivity contribution in [2.45, 2.75) is 32.7 Å². The molecule has 3 heterocycles. The van der Waals surface area contributed by atoms with E-state index in [0.717, 1.165) is 73.8 Å². The minimum absolute atomic E-state index is 0.0210. The molecule has 2 aromatic heterocycles. The minimum atomic E-state index is -0.0210. The smallest absolute Gasteiger partial charge is 0.251 e. The molecule has 1 saturated carbocycles. The lowest BCUT2D eigenvalue weighted by Crippen LogP contribution is -2.46. The van der Waals surface area contributed by atoms with Gasteiger partial charge in [-0.05, 0) is 44.0 Å². The van der Waals surface area contributed by atoms with Gasteiger partial charge < -0.3 is 15.1 Å². The van der Waals surface area contributed by atoms with Gasteiger partial charge in [-0.1, -0.05) is 13.0 Å². The van der Waals surface area contributed by atoms with Crippen LogP contribution in [0.25, 0.3) is 16.9 Å². The number of benzene rings is 1. The van der Waals surface area contributed by atoms with Gasteiger partial charge in [0.2, 0.25) is 0 Å². The van der Waals surface area contributed by atoms with Gasteiger partial charge >= 0.3 is 0 Å². The summed E-state index contributed by atoms with van der Waals surface area (Å²) >= 11 is 0. The van der Waals surface area contributed by atoms with Crippen molar-refractivity contribution in [1.82, 2.24) is 29.7 Å². The van der Waals surface area contributed by atoms with E-state index >= 15 is 0 Å². The van der Waals surface area contributed by atoms with Crippen LogP contribution in [-0.4, -0.2) is 69.1 Å². The Morgan fingerprint density at radius 3 is 2.67 bits per heavy atom. The number of aromatic nitrogens is 4. The van der Waals surface area contributed by atoms with Crippen molar-refractivity contribution < 1.29 is 4.79 Å². The SMILES string of the molecule is CCN1CCN(c2ncnc3c2ncn3-c2cc(C(=O)NC3CC3)ccc2C)CC1. The molecule has 2 aliphatic rings. The van der Waals surface area contributed by atoms with Gasteiger partial charge in [-0.2, -0.15) is 0 Å². The van der Waals surface area contributed by atoms with Gasteiger partial charge in [-0.15, -0.1) is 0 Å². The van der Waals surface area contributed by atoms with E-state index < -0.39 is 0 Å². The molecule has 0 atom stereocenters. The highest BCUT2D eigenvalue weighted by atomic mass is 16.1. The minimum Gasteiger partial charge on any atom is -0.352 e. The molecule has 2 fully saturated rings. The zero-order chi connectivity index (χ0) is 20.7. The lowest BCUT2D eigenvalue weighted by atomic mass is 10.1. The molecule has 0 bridgehead atoms. The Morgan fingerprint density at radius 2 is 1.93 bits per heavy atom. The van der Waals surface area contributed by atoms with Gasteiger partial charge in [0.25, 0.3) is 5.91 Å². The van der Waals surface area contributed by atoms with E-state index in [1.54, 1.807) is 12.7 Å². The van der Waals surface area contributed by atoms with E-state index in [4.69, 9.17) is 0 Å². The number of piperazine rings is 1. The number of fused-ring (bicyclic) bond motifs is 1. The first kappa shape index (κ1) is 19.0. The second-order valence-corrected chi connectivity index (χ2v) is 8.15. The van der Waals surface area contributed by atoms with Crippen LogP contribution in [0.4, 0.5) is 5.82 Å². The summed E-state index contributed by atoms with van der Waals surface area (Å²) in [5, 5.41) is 3.06. The van der Waals surface area contributed by atoms with Crippen molar-refractivity contribution in [3.8, 4) is 5.69 Å². The monoisotopic (exact) mass is 405 g/mol. The largest absolute Gasteiger partial charge is 0.352 e. The number of rotatable bonds is 5. The van der Waals surface area contributed by atoms with Gasteiger partial charge in [0.05, 0.1) is 5.69 Å². The third-order valence-electron chi connectivity index (χ3n) is 6.08. The van der Waals surface area contributed by atoms with Gasteiger partial charge in [-0.25, -0.2) is 15.0 Å². The van der Waals surface area contributed by atoms with Crippen molar-refractivity contribution >= 4 is 22.9 Å². The van der Waals surface area contributed by atoms with Crippen molar-refractivity contribution in [2.24, 2.45) is 0 Å². The lowest BCUT2D eigenvalue weighted by Gasteiger charge is -2.34. The first-order chi connectivity index (χ1) is 14.6. The predicted octanol–water partition coefficient (Wildman–Crippen LogP) is 2.16. The fourth-order valence-corrected chi connectivity index (χ4v) is 4.01. The summed E-state index contributed by atoms with van der Waals surface area (Å²) < 4.78 is 1.96. The van der Waals surface area contributed by atoms with Crippen LogP contribution in [-0.2, 0) is 0 Å². The number of aryl methyl sites for hydroxylation is 1. The van der Waals surface area contributed by atoms with Crippen molar-refractivity contribution in [3.63, 3.8) is 0 Å². The molecule has 1 aliphatic heterocycles.